The van der Waals surface area contributed by atoms with Gasteiger partial charge in [0.2, 0.25) is 0 Å². The molecule has 0 aromatic heterocycles. The van der Waals surface area contributed by atoms with Crippen LogP contribution in [0, 0.1) is 0 Å². The van der Waals surface area contributed by atoms with Gasteiger partial charge in [0.15, 0.2) is 0 Å². The molecule has 0 bridgehead atoms. The third-order valence-electron chi connectivity index (χ3n) is 2.63. The molecule has 1 saturated carbocycles. The number of hydrogen-bond donors (Lipinski definition) is 1. The quantitative estimate of drug-likeness (QED) is 0.468. The van der Waals surface area contributed by atoms with Gasteiger partial charge in [-0.1, -0.05) is 18.9 Å². The van der Waals surface area contributed by atoms with Crippen molar-refractivity contribution in [2.24, 2.45) is 0 Å². The predicted octanol–water partition coefficient (Wildman–Crippen LogP) is 0.745. The van der Waals surface area contributed by atoms with Crippen molar-refractivity contribution >= 4 is 10.4 Å². The molecule has 2 heteroatoms. The second-order valence-corrected chi connectivity index (χ2v) is 3.73. The summed E-state index contributed by atoms with van der Waals surface area (Å²) in [6, 6.07) is 0. The second kappa shape index (κ2) is 3.35. The highest BCUT2D eigenvalue weighted by molar-refractivity contribution is 6.04. The predicted molar refractivity (Wildman–Crippen MR) is 49.1 cm³/mol. The van der Waals surface area contributed by atoms with E-state index in [9.17, 15) is 0 Å². The van der Waals surface area contributed by atoms with Crippen LogP contribution >= 0.6 is 0 Å². The summed E-state index contributed by atoms with van der Waals surface area (Å²) >= 11 is 0. The van der Waals surface area contributed by atoms with Gasteiger partial charge < -0.3 is 4.98 Å². The Morgan fingerprint density at radius 2 is 2.10 bits per heavy atom. The Labute approximate surface area is 66.4 Å². The van der Waals surface area contributed by atoms with Crippen LogP contribution in [-0.2, 0) is 0 Å². The van der Waals surface area contributed by atoms with Gasteiger partial charge in [0.25, 0.3) is 0 Å². The van der Waals surface area contributed by atoms with E-state index >= 15 is 0 Å². The van der Waals surface area contributed by atoms with Gasteiger partial charge in [-0.2, -0.15) is 0 Å². The van der Waals surface area contributed by atoms with Crippen molar-refractivity contribution in [3.05, 3.63) is 12.7 Å². The molecule has 1 fully saturated rings. The Morgan fingerprint density at radius 1 is 1.50 bits per heavy atom. The summed E-state index contributed by atoms with van der Waals surface area (Å²) in [4.78, 5) is 3.55. The molecule has 1 rings (SSSR count). The maximum Gasteiger partial charge on any atom is 0.0756 e. The largest absolute Gasteiger partial charge is 0.340 e. The van der Waals surface area contributed by atoms with Gasteiger partial charge in [-0.15, -0.1) is 6.58 Å². The van der Waals surface area contributed by atoms with Crippen LogP contribution in [-0.4, -0.2) is 15.9 Å². The van der Waals surface area contributed by atoms with Gasteiger partial charge in [-0.25, -0.2) is 0 Å². The smallest absolute Gasteiger partial charge is 0.0756 e. The maximum atomic E-state index is 3.79. The summed E-state index contributed by atoms with van der Waals surface area (Å²) in [5.74, 6) is 0. The van der Waals surface area contributed by atoms with E-state index in [1.807, 2.05) is 0 Å². The van der Waals surface area contributed by atoms with Gasteiger partial charge in [0.1, 0.15) is 0 Å². The van der Waals surface area contributed by atoms with Crippen LogP contribution < -0.4 is 4.98 Å². The second-order valence-electron chi connectivity index (χ2n) is 3.23. The fourth-order valence-electron chi connectivity index (χ4n) is 1.88. The molecule has 1 nitrogen and oxygen atoms in total. The maximum absolute atomic E-state index is 3.79. The minimum absolute atomic E-state index is 0.480. The summed E-state index contributed by atoms with van der Waals surface area (Å²) in [7, 11) is 1.12. The van der Waals surface area contributed by atoms with E-state index in [1.54, 1.807) is 0 Å². The minimum Gasteiger partial charge on any atom is -0.340 e. The van der Waals surface area contributed by atoms with E-state index in [4.69, 9.17) is 0 Å². The van der Waals surface area contributed by atoms with Gasteiger partial charge in [-0.3, -0.25) is 0 Å². The zero-order valence-corrected chi connectivity index (χ0v) is 8.82. The van der Waals surface area contributed by atoms with Gasteiger partial charge >= 0.3 is 0 Å². The van der Waals surface area contributed by atoms with Gasteiger partial charge in [-0.05, 0) is 19.3 Å². The lowest BCUT2D eigenvalue weighted by Gasteiger charge is -2.27. The highest BCUT2D eigenvalue weighted by Crippen LogP contribution is 2.31. The number of hydrogen-bond acceptors (Lipinski definition) is 1. The van der Waals surface area contributed by atoms with Crippen molar-refractivity contribution in [1.82, 2.24) is 4.98 Å². The standard InChI is InChI=1S/C8H17NSi/c1-2-5-8(9-10)6-3-4-7-8/h2,9H,1,3-7H2,10H3. The van der Waals surface area contributed by atoms with Crippen molar-refractivity contribution in [2.45, 2.75) is 37.6 Å². The molecule has 10 heavy (non-hydrogen) atoms. The zero-order chi connectivity index (χ0) is 7.45. The highest BCUT2D eigenvalue weighted by atomic mass is 28.2. The molecule has 0 radical (unpaired) electrons. The van der Waals surface area contributed by atoms with E-state index in [-0.39, 0.29) is 0 Å². The molecule has 1 aliphatic rings. The summed E-state index contributed by atoms with van der Waals surface area (Å²) in [6.45, 7) is 3.79. The van der Waals surface area contributed by atoms with Crippen molar-refractivity contribution in [2.75, 3.05) is 0 Å². The van der Waals surface area contributed by atoms with Crippen LogP contribution in [0.4, 0.5) is 0 Å². The van der Waals surface area contributed by atoms with Crippen LogP contribution in [0.1, 0.15) is 32.1 Å². The fourth-order valence-corrected chi connectivity index (χ4v) is 2.59. The van der Waals surface area contributed by atoms with Gasteiger partial charge in [0.05, 0.1) is 10.4 Å². The molecule has 0 unspecified atom stereocenters. The van der Waals surface area contributed by atoms with Crippen molar-refractivity contribution < 1.29 is 0 Å². The monoisotopic (exact) mass is 155 g/mol. The van der Waals surface area contributed by atoms with Crippen LogP contribution in [0.15, 0.2) is 12.7 Å². The van der Waals surface area contributed by atoms with Crippen LogP contribution in [0.5, 0.6) is 0 Å². The Kier molecular flexibility index (Phi) is 2.69. The van der Waals surface area contributed by atoms with Crippen molar-refractivity contribution in [3.8, 4) is 0 Å². The van der Waals surface area contributed by atoms with Crippen LogP contribution in [0.3, 0.4) is 0 Å². The zero-order valence-electron chi connectivity index (χ0n) is 6.82. The summed E-state index contributed by atoms with van der Waals surface area (Å²) in [6.07, 6.45) is 8.75. The first-order chi connectivity index (χ1) is 4.83. The first-order valence-corrected chi connectivity index (χ1v) is 5.13. The molecule has 0 atom stereocenters. The highest BCUT2D eigenvalue weighted by Gasteiger charge is 2.29. The lowest BCUT2D eigenvalue weighted by atomic mass is 9.95. The summed E-state index contributed by atoms with van der Waals surface area (Å²) < 4.78 is 0. The van der Waals surface area contributed by atoms with Crippen molar-refractivity contribution in [1.29, 1.82) is 0 Å². The Hall–Kier alpha value is -0.0831. The molecule has 0 amide bonds. The molecular weight excluding hydrogens is 138 g/mol. The van der Waals surface area contributed by atoms with E-state index < -0.39 is 0 Å². The minimum atomic E-state index is 0.480. The Balaban J connectivity index is 2.48. The molecule has 0 saturated heterocycles. The fraction of sp³-hybridized carbons (Fsp3) is 0.750. The van der Waals surface area contributed by atoms with Crippen LogP contribution in [0.25, 0.3) is 0 Å². The lowest BCUT2D eigenvalue weighted by molar-refractivity contribution is 0.406. The molecule has 0 spiro atoms. The molecule has 0 aromatic rings. The van der Waals surface area contributed by atoms with E-state index in [1.165, 1.54) is 25.7 Å². The number of nitrogens with one attached hydrogen (secondary N) is 1. The van der Waals surface area contributed by atoms with Gasteiger partial charge in [0, 0.05) is 5.54 Å². The van der Waals surface area contributed by atoms with E-state index in [0.29, 0.717) is 5.54 Å². The molecule has 0 aromatic carbocycles. The van der Waals surface area contributed by atoms with E-state index in [2.05, 4.69) is 17.6 Å². The molecule has 1 N–H and O–H groups in total. The Morgan fingerprint density at radius 3 is 2.50 bits per heavy atom. The molecular formula is C8H17NSi. The van der Waals surface area contributed by atoms with Crippen LogP contribution in [0.2, 0.25) is 0 Å². The third kappa shape index (κ3) is 1.50. The Bertz CT molecular complexity index is 116. The average molecular weight is 155 g/mol. The average Bonchev–Trinajstić information content (AvgIpc) is 2.39. The van der Waals surface area contributed by atoms with Crippen molar-refractivity contribution in [3.63, 3.8) is 0 Å². The molecule has 58 valence electrons. The molecule has 0 heterocycles. The lowest BCUT2D eigenvalue weighted by Crippen LogP contribution is -2.40. The normalized spacial score (nSPS) is 23.2. The summed E-state index contributed by atoms with van der Waals surface area (Å²) in [5.41, 5.74) is 0.480. The first kappa shape index (κ1) is 8.02. The molecule has 0 aliphatic heterocycles. The summed E-state index contributed by atoms with van der Waals surface area (Å²) in [5, 5.41) is 0. The topological polar surface area (TPSA) is 12.0 Å². The third-order valence-corrected chi connectivity index (χ3v) is 3.69. The SMILES string of the molecule is C=CCC1(N[SiH3])CCCC1. The number of rotatable bonds is 3. The van der Waals surface area contributed by atoms with E-state index in [0.717, 1.165) is 16.8 Å². The first-order valence-electron chi connectivity index (χ1n) is 4.13. The molecule has 1 aliphatic carbocycles.